The van der Waals surface area contributed by atoms with E-state index in [2.05, 4.69) is 5.32 Å². The lowest BCUT2D eigenvalue weighted by atomic mass is 9.96. The molecular weight excluding hydrogens is 323 g/mol. The van der Waals surface area contributed by atoms with Gasteiger partial charge >= 0.3 is 0 Å². The molecule has 0 spiro atoms. The average Bonchev–Trinajstić information content (AvgIpc) is 2.60. The highest BCUT2D eigenvalue weighted by Crippen LogP contribution is 2.20. The Morgan fingerprint density at radius 2 is 1.88 bits per heavy atom. The number of halogens is 1. The molecule has 6 heteroatoms. The van der Waals surface area contributed by atoms with Crippen LogP contribution in [0.1, 0.15) is 18.1 Å². The first-order valence-corrected chi connectivity index (χ1v) is 7.74. The van der Waals surface area contributed by atoms with Crippen molar-refractivity contribution < 1.29 is 19.0 Å². The molecule has 2 rings (SSSR count). The molecule has 130 valence electrons. The number of rotatable bonds is 7. The molecule has 0 aliphatic carbocycles. The van der Waals surface area contributed by atoms with Gasteiger partial charge in [0.2, 0.25) is 5.91 Å². The molecule has 0 aromatic heterocycles. The van der Waals surface area contributed by atoms with E-state index in [1.807, 2.05) is 6.07 Å². The second-order valence-electron chi connectivity index (χ2n) is 5.82. The number of nitrogens with zero attached hydrogens (tertiary/aromatic N) is 1. The van der Waals surface area contributed by atoms with Crippen molar-refractivity contribution in [2.45, 2.75) is 18.9 Å². The Kier molecular flexibility index (Phi) is 6.09. The molecule has 0 fully saturated rings. The second-order valence-corrected chi connectivity index (χ2v) is 5.82. The zero-order chi connectivity index (χ0) is 18.3. The molecule has 0 aliphatic heterocycles. The van der Waals surface area contributed by atoms with Gasteiger partial charge in [-0.05, 0) is 42.3 Å². The number of hydrogen-bond donors (Lipinski definition) is 2. The van der Waals surface area contributed by atoms with E-state index < -0.39 is 5.60 Å². The van der Waals surface area contributed by atoms with Crippen molar-refractivity contribution >= 4 is 5.91 Å². The Morgan fingerprint density at radius 3 is 2.48 bits per heavy atom. The lowest BCUT2D eigenvalue weighted by Gasteiger charge is -2.24. The van der Waals surface area contributed by atoms with Crippen molar-refractivity contribution in [3.05, 3.63) is 65.5 Å². The number of nitrogens with one attached hydrogen (secondary N) is 1. The zero-order valence-corrected chi connectivity index (χ0v) is 13.8. The quantitative estimate of drug-likeness (QED) is 0.809. The number of carbonyl (C=O) groups is 1. The highest BCUT2D eigenvalue weighted by Gasteiger charge is 2.23. The molecule has 0 radical (unpaired) electrons. The Balaban J connectivity index is 1.87. The summed E-state index contributed by atoms with van der Waals surface area (Å²) in [7, 11) is 0. The van der Waals surface area contributed by atoms with Gasteiger partial charge in [-0.15, -0.1) is 0 Å². The van der Waals surface area contributed by atoms with E-state index in [4.69, 9.17) is 10.00 Å². The Morgan fingerprint density at radius 1 is 1.24 bits per heavy atom. The fourth-order valence-corrected chi connectivity index (χ4v) is 2.25. The second kappa shape index (κ2) is 8.27. The Hall–Kier alpha value is -2.91. The molecule has 1 amide bonds. The third kappa shape index (κ3) is 5.59. The minimum atomic E-state index is -1.29. The van der Waals surface area contributed by atoms with Crippen LogP contribution in [0.2, 0.25) is 0 Å². The van der Waals surface area contributed by atoms with E-state index in [0.717, 1.165) is 5.56 Å². The number of ether oxygens (including phenoxy) is 1. The van der Waals surface area contributed by atoms with Gasteiger partial charge in [-0.2, -0.15) is 5.26 Å². The summed E-state index contributed by atoms with van der Waals surface area (Å²) in [6, 6.07) is 14.2. The van der Waals surface area contributed by atoms with Crippen molar-refractivity contribution in [2.75, 3.05) is 13.2 Å². The number of amides is 1. The summed E-state index contributed by atoms with van der Waals surface area (Å²) in [6.45, 7) is 1.54. The van der Waals surface area contributed by atoms with Crippen LogP contribution in [0.25, 0.3) is 0 Å². The van der Waals surface area contributed by atoms with Crippen LogP contribution in [-0.4, -0.2) is 24.2 Å². The summed E-state index contributed by atoms with van der Waals surface area (Å²) in [6.07, 6.45) is 0.151. The van der Waals surface area contributed by atoms with E-state index in [1.165, 1.54) is 24.3 Å². The van der Waals surface area contributed by atoms with E-state index >= 15 is 0 Å². The fourth-order valence-electron chi connectivity index (χ4n) is 2.25. The van der Waals surface area contributed by atoms with E-state index in [-0.39, 0.29) is 31.3 Å². The fraction of sp³-hybridized carbons (Fsp3) is 0.263. The molecule has 2 N–H and O–H groups in total. The molecule has 0 saturated carbocycles. The van der Waals surface area contributed by atoms with Crippen LogP contribution in [0.5, 0.6) is 5.75 Å². The van der Waals surface area contributed by atoms with Gasteiger partial charge in [-0.3, -0.25) is 4.79 Å². The number of benzene rings is 2. The lowest BCUT2D eigenvalue weighted by Crippen LogP contribution is -2.39. The third-order valence-electron chi connectivity index (χ3n) is 3.69. The van der Waals surface area contributed by atoms with Gasteiger partial charge in [0.15, 0.2) is 6.61 Å². The first kappa shape index (κ1) is 18.4. The first-order chi connectivity index (χ1) is 11.9. The summed E-state index contributed by atoms with van der Waals surface area (Å²) in [4.78, 5) is 12.0. The molecule has 0 saturated heterocycles. The van der Waals surface area contributed by atoms with Crippen LogP contribution in [-0.2, 0) is 16.8 Å². The van der Waals surface area contributed by atoms with Crippen molar-refractivity contribution in [2.24, 2.45) is 0 Å². The summed E-state index contributed by atoms with van der Waals surface area (Å²) >= 11 is 0. The van der Waals surface area contributed by atoms with Gasteiger partial charge in [0.05, 0.1) is 13.0 Å². The van der Waals surface area contributed by atoms with Crippen LogP contribution in [0.3, 0.4) is 0 Å². The largest absolute Gasteiger partial charge is 0.479 e. The monoisotopic (exact) mass is 342 g/mol. The SMILES string of the molecule is CC(O)(CNC(=O)Cc1ccc(OCC#N)cc1)c1ccc(F)cc1. The average molecular weight is 342 g/mol. The summed E-state index contributed by atoms with van der Waals surface area (Å²) < 4.78 is 18.1. The van der Waals surface area contributed by atoms with Crippen molar-refractivity contribution in [1.82, 2.24) is 5.32 Å². The van der Waals surface area contributed by atoms with Crippen LogP contribution >= 0.6 is 0 Å². The molecule has 0 bridgehead atoms. The molecule has 5 nitrogen and oxygen atoms in total. The number of carbonyl (C=O) groups excluding carboxylic acids is 1. The van der Waals surface area contributed by atoms with Gasteiger partial charge in [-0.25, -0.2) is 4.39 Å². The molecule has 0 aliphatic rings. The maximum absolute atomic E-state index is 13.0. The Bertz CT molecular complexity index is 750. The van der Waals surface area contributed by atoms with Crippen molar-refractivity contribution in [3.8, 4) is 11.8 Å². The van der Waals surface area contributed by atoms with Crippen molar-refractivity contribution in [3.63, 3.8) is 0 Å². The first-order valence-electron chi connectivity index (χ1n) is 7.74. The topological polar surface area (TPSA) is 82.3 Å². The van der Waals surface area contributed by atoms with Crippen molar-refractivity contribution in [1.29, 1.82) is 5.26 Å². The van der Waals surface area contributed by atoms with Gasteiger partial charge in [0.1, 0.15) is 23.2 Å². The van der Waals surface area contributed by atoms with E-state index in [0.29, 0.717) is 11.3 Å². The maximum atomic E-state index is 13.0. The normalized spacial score (nSPS) is 12.7. The third-order valence-corrected chi connectivity index (χ3v) is 3.69. The van der Waals surface area contributed by atoms with Crippen LogP contribution in [0, 0.1) is 17.1 Å². The minimum Gasteiger partial charge on any atom is -0.479 e. The number of hydrogen-bond acceptors (Lipinski definition) is 4. The van der Waals surface area contributed by atoms with Gasteiger partial charge < -0.3 is 15.2 Å². The summed E-state index contributed by atoms with van der Waals surface area (Å²) in [5.41, 5.74) is 0.00895. The molecule has 1 unspecified atom stereocenters. The predicted octanol–water partition coefficient (Wildman–Crippen LogP) is 2.29. The molecule has 2 aromatic carbocycles. The van der Waals surface area contributed by atoms with Crippen LogP contribution in [0.15, 0.2) is 48.5 Å². The molecule has 1 atom stereocenters. The molecule has 0 heterocycles. The maximum Gasteiger partial charge on any atom is 0.224 e. The lowest BCUT2D eigenvalue weighted by molar-refractivity contribution is -0.121. The highest BCUT2D eigenvalue weighted by molar-refractivity contribution is 5.78. The number of aliphatic hydroxyl groups is 1. The molecule has 25 heavy (non-hydrogen) atoms. The minimum absolute atomic E-state index is 0.0147. The van der Waals surface area contributed by atoms with E-state index in [1.54, 1.807) is 31.2 Å². The molecule has 2 aromatic rings. The smallest absolute Gasteiger partial charge is 0.224 e. The standard InChI is InChI=1S/C19H19FN2O3/c1-19(24,15-4-6-16(20)7-5-15)13-22-18(23)12-14-2-8-17(9-3-14)25-11-10-21/h2-9,24H,11-13H2,1H3,(H,22,23). The zero-order valence-electron chi connectivity index (χ0n) is 13.8. The number of nitriles is 1. The van der Waals surface area contributed by atoms with Gasteiger partial charge in [-0.1, -0.05) is 24.3 Å². The van der Waals surface area contributed by atoms with Gasteiger partial charge in [0, 0.05) is 0 Å². The van der Waals surface area contributed by atoms with Gasteiger partial charge in [0.25, 0.3) is 0 Å². The predicted molar refractivity (Wildman–Crippen MR) is 90.2 cm³/mol. The highest BCUT2D eigenvalue weighted by atomic mass is 19.1. The molecular formula is C19H19FN2O3. The summed E-state index contributed by atoms with van der Waals surface area (Å²) in [5, 5.41) is 21.6. The Labute approximate surface area is 145 Å². The summed E-state index contributed by atoms with van der Waals surface area (Å²) in [5.74, 6) is -0.0659. The van der Waals surface area contributed by atoms with Crippen LogP contribution in [0.4, 0.5) is 4.39 Å². The van der Waals surface area contributed by atoms with Crippen LogP contribution < -0.4 is 10.1 Å². The van der Waals surface area contributed by atoms with E-state index in [9.17, 15) is 14.3 Å².